The maximum atomic E-state index is 5.75. The van der Waals surface area contributed by atoms with E-state index in [1.165, 1.54) is 21.6 Å². The molecule has 1 aromatic carbocycles. The predicted molar refractivity (Wildman–Crippen MR) is 87.6 cm³/mol. The van der Waals surface area contributed by atoms with Crippen molar-refractivity contribution >= 4 is 16.5 Å². The van der Waals surface area contributed by atoms with Gasteiger partial charge in [-0.15, -0.1) is 11.3 Å². The summed E-state index contributed by atoms with van der Waals surface area (Å²) in [6.45, 7) is 2.01. The summed E-state index contributed by atoms with van der Waals surface area (Å²) >= 11 is 1.58. The van der Waals surface area contributed by atoms with E-state index in [0.29, 0.717) is 5.13 Å². The molecule has 0 fully saturated rings. The van der Waals surface area contributed by atoms with Crippen molar-refractivity contribution in [3.8, 4) is 0 Å². The van der Waals surface area contributed by atoms with Gasteiger partial charge in [-0.05, 0) is 42.2 Å². The lowest BCUT2D eigenvalue weighted by Crippen LogP contribution is -1.91. The summed E-state index contributed by atoms with van der Waals surface area (Å²) in [6, 6.07) is 12.9. The molecule has 0 spiro atoms. The van der Waals surface area contributed by atoms with Gasteiger partial charge in [-0.25, -0.2) is 4.98 Å². The molecule has 0 atom stereocenters. The van der Waals surface area contributed by atoms with Gasteiger partial charge in [0.1, 0.15) is 0 Å². The minimum atomic E-state index is 0.650. The van der Waals surface area contributed by atoms with Crippen molar-refractivity contribution in [3.05, 3.63) is 76.1 Å². The van der Waals surface area contributed by atoms with Gasteiger partial charge < -0.3 is 5.73 Å². The summed E-state index contributed by atoms with van der Waals surface area (Å²) in [7, 11) is 0. The fourth-order valence-corrected chi connectivity index (χ4v) is 3.18. The molecular formula is C17H17N3S. The number of benzene rings is 1. The van der Waals surface area contributed by atoms with Gasteiger partial charge in [-0.1, -0.05) is 24.3 Å². The number of nitrogen functional groups attached to an aromatic ring is 1. The zero-order chi connectivity index (χ0) is 14.7. The van der Waals surface area contributed by atoms with Crippen LogP contribution in [-0.4, -0.2) is 9.97 Å². The topological polar surface area (TPSA) is 51.8 Å². The molecule has 106 valence electrons. The second-order valence-electron chi connectivity index (χ2n) is 5.09. The number of nitrogens with zero attached hydrogens (tertiary/aromatic N) is 2. The number of nitrogens with two attached hydrogens (primary N) is 1. The Morgan fingerprint density at radius 3 is 2.05 bits per heavy atom. The highest BCUT2D eigenvalue weighted by Crippen LogP contribution is 2.23. The summed E-state index contributed by atoms with van der Waals surface area (Å²) < 4.78 is 0. The highest BCUT2D eigenvalue weighted by atomic mass is 32.1. The largest absolute Gasteiger partial charge is 0.375 e. The molecule has 3 aromatic rings. The average molecular weight is 295 g/mol. The fourth-order valence-electron chi connectivity index (χ4n) is 2.31. The lowest BCUT2D eigenvalue weighted by atomic mass is 10.0. The van der Waals surface area contributed by atoms with Gasteiger partial charge in [0.25, 0.3) is 0 Å². The van der Waals surface area contributed by atoms with Gasteiger partial charge in [0.2, 0.25) is 0 Å². The number of rotatable bonds is 4. The first-order valence-electron chi connectivity index (χ1n) is 6.89. The Morgan fingerprint density at radius 2 is 1.48 bits per heavy atom. The highest BCUT2D eigenvalue weighted by molar-refractivity contribution is 7.15. The second-order valence-corrected chi connectivity index (χ2v) is 6.20. The highest BCUT2D eigenvalue weighted by Gasteiger charge is 2.06. The minimum absolute atomic E-state index is 0.650. The van der Waals surface area contributed by atoms with Crippen LogP contribution in [0.2, 0.25) is 0 Å². The Balaban J connectivity index is 1.71. The quantitative estimate of drug-likeness (QED) is 0.800. The van der Waals surface area contributed by atoms with Crippen LogP contribution in [0.4, 0.5) is 5.13 Å². The number of hydrogen-bond donors (Lipinski definition) is 1. The maximum Gasteiger partial charge on any atom is 0.180 e. The van der Waals surface area contributed by atoms with E-state index in [2.05, 4.69) is 46.4 Å². The normalized spacial score (nSPS) is 10.7. The summed E-state index contributed by atoms with van der Waals surface area (Å²) in [5, 5.41) is 0.650. The molecule has 0 unspecified atom stereocenters. The molecule has 2 heterocycles. The molecule has 2 N–H and O–H groups in total. The van der Waals surface area contributed by atoms with Crippen molar-refractivity contribution in [1.82, 2.24) is 9.97 Å². The van der Waals surface area contributed by atoms with Crippen molar-refractivity contribution in [2.45, 2.75) is 19.8 Å². The molecule has 3 rings (SSSR count). The van der Waals surface area contributed by atoms with Crippen LogP contribution in [0.25, 0.3) is 0 Å². The van der Waals surface area contributed by atoms with Crippen molar-refractivity contribution in [1.29, 1.82) is 0 Å². The molecule has 0 bridgehead atoms. The van der Waals surface area contributed by atoms with Crippen LogP contribution in [0.3, 0.4) is 0 Å². The maximum absolute atomic E-state index is 5.75. The zero-order valence-corrected chi connectivity index (χ0v) is 12.7. The summed E-state index contributed by atoms with van der Waals surface area (Å²) in [6.07, 6.45) is 5.51. The van der Waals surface area contributed by atoms with E-state index in [1.807, 2.05) is 19.3 Å². The zero-order valence-electron chi connectivity index (χ0n) is 11.9. The van der Waals surface area contributed by atoms with E-state index in [9.17, 15) is 0 Å². The Hall–Kier alpha value is -2.20. The standard InChI is InChI=1S/C17H17N3S/c1-12-16(21-17(18)20-12)11-14-4-2-13(3-5-14)10-15-6-8-19-9-7-15/h2-9H,10-11H2,1H3,(H2,18,20). The molecule has 0 amide bonds. The first kappa shape index (κ1) is 13.8. The monoisotopic (exact) mass is 295 g/mol. The predicted octanol–water partition coefficient (Wildman–Crippen LogP) is 3.61. The van der Waals surface area contributed by atoms with Crippen LogP contribution in [0.15, 0.2) is 48.8 Å². The van der Waals surface area contributed by atoms with E-state index in [4.69, 9.17) is 5.73 Å². The number of aromatic nitrogens is 2. The average Bonchev–Trinajstić information content (AvgIpc) is 2.80. The number of hydrogen-bond acceptors (Lipinski definition) is 4. The summed E-state index contributed by atoms with van der Waals surface area (Å²) in [4.78, 5) is 9.56. The van der Waals surface area contributed by atoms with Crippen LogP contribution in [0.1, 0.15) is 27.3 Å². The number of anilines is 1. The Kier molecular flexibility index (Phi) is 3.97. The Bertz CT molecular complexity index is 718. The fraction of sp³-hybridized carbons (Fsp3) is 0.176. The van der Waals surface area contributed by atoms with E-state index in [0.717, 1.165) is 18.5 Å². The Morgan fingerprint density at radius 1 is 0.905 bits per heavy atom. The molecule has 0 saturated carbocycles. The molecule has 0 saturated heterocycles. The first-order valence-corrected chi connectivity index (χ1v) is 7.71. The van der Waals surface area contributed by atoms with Crippen LogP contribution < -0.4 is 5.73 Å². The third kappa shape index (κ3) is 3.47. The molecule has 21 heavy (non-hydrogen) atoms. The van der Waals surface area contributed by atoms with Gasteiger partial charge in [-0.3, -0.25) is 4.98 Å². The smallest absolute Gasteiger partial charge is 0.180 e. The first-order chi connectivity index (χ1) is 10.2. The van der Waals surface area contributed by atoms with Crippen LogP contribution in [0.5, 0.6) is 0 Å². The van der Waals surface area contributed by atoms with Gasteiger partial charge in [0.15, 0.2) is 5.13 Å². The molecule has 0 aliphatic heterocycles. The lowest BCUT2D eigenvalue weighted by Gasteiger charge is -2.04. The second kappa shape index (κ2) is 6.06. The molecular weight excluding hydrogens is 278 g/mol. The van der Waals surface area contributed by atoms with Crippen LogP contribution >= 0.6 is 11.3 Å². The number of pyridine rings is 1. The van der Waals surface area contributed by atoms with Gasteiger partial charge >= 0.3 is 0 Å². The molecule has 0 aliphatic rings. The summed E-state index contributed by atoms with van der Waals surface area (Å²) in [5.74, 6) is 0. The number of aryl methyl sites for hydroxylation is 1. The van der Waals surface area contributed by atoms with Crippen molar-refractivity contribution in [2.24, 2.45) is 0 Å². The molecule has 4 heteroatoms. The van der Waals surface area contributed by atoms with Gasteiger partial charge in [0, 0.05) is 23.7 Å². The van der Waals surface area contributed by atoms with Crippen LogP contribution in [0, 0.1) is 6.92 Å². The number of thiazole rings is 1. The van der Waals surface area contributed by atoms with Gasteiger partial charge in [0.05, 0.1) is 5.69 Å². The molecule has 3 nitrogen and oxygen atoms in total. The third-order valence-electron chi connectivity index (χ3n) is 3.45. The van der Waals surface area contributed by atoms with E-state index >= 15 is 0 Å². The third-order valence-corrected chi connectivity index (χ3v) is 4.44. The van der Waals surface area contributed by atoms with E-state index < -0.39 is 0 Å². The van der Waals surface area contributed by atoms with Crippen molar-refractivity contribution in [3.63, 3.8) is 0 Å². The van der Waals surface area contributed by atoms with Crippen molar-refractivity contribution < 1.29 is 0 Å². The summed E-state index contributed by atoms with van der Waals surface area (Å²) in [5.41, 5.74) is 10.7. The molecule has 0 radical (unpaired) electrons. The van der Waals surface area contributed by atoms with Gasteiger partial charge in [-0.2, -0.15) is 0 Å². The molecule has 2 aromatic heterocycles. The minimum Gasteiger partial charge on any atom is -0.375 e. The van der Waals surface area contributed by atoms with Crippen molar-refractivity contribution in [2.75, 3.05) is 5.73 Å². The molecule has 0 aliphatic carbocycles. The van der Waals surface area contributed by atoms with Crippen LogP contribution in [-0.2, 0) is 12.8 Å². The van der Waals surface area contributed by atoms with E-state index in [-0.39, 0.29) is 0 Å². The SMILES string of the molecule is Cc1nc(N)sc1Cc1ccc(Cc2ccncc2)cc1. The van der Waals surface area contributed by atoms with E-state index in [1.54, 1.807) is 11.3 Å². The Labute approximate surface area is 128 Å². The lowest BCUT2D eigenvalue weighted by molar-refractivity contribution is 1.13.